The number of fused-ring (bicyclic) bond motifs is 2. The molecule has 0 radical (unpaired) electrons. The van der Waals surface area contributed by atoms with Crippen LogP contribution in [-0.4, -0.2) is 36.1 Å². The highest BCUT2D eigenvalue weighted by Crippen LogP contribution is 2.27. The highest BCUT2D eigenvalue weighted by Gasteiger charge is 2.35. The molecule has 4 nitrogen and oxygen atoms in total. The van der Waals surface area contributed by atoms with E-state index in [0.29, 0.717) is 29.4 Å². The zero-order valence-corrected chi connectivity index (χ0v) is 10.7. The Morgan fingerprint density at radius 2 is 1.94 bits per heavy atom. The van der Waals surface area contributed by atoms with Gasteiger partial charge in [0, 0.05) is 29.4 Å². The summed E-state index contributed by atoms with van der Waals surface area (Å²) < 4.78 is 5.72. The van der Waals surface area contributed by atoms with Crippen LogP contribution in [-0.2, 0) is 4.74 Å². The van der Waals surface area contributed by atoms with Crippen LogP contribution >= 0.6 is 11.6 Å². The molecule has 0 spiro atoms. The van der Waals surface area contributed by atoms with Crippen molar-refractivity contribution in [2.24, 2.45) is 0 Å². The van der Waals surface area contributed by atoms with E-state index in [0.717, 1.165) is 12.8 Å². The first-order valence-corrected chi connectivity index (χ1v) is 6.50. The second-order valence-corrected chi connectivity index (χ2v) is 5.38. The van der Waals surface area contributed by atoms with E-state index >= 15 is 0 Å². The summed E-state index contributed by atoms with van der Waals surface area (Å²) in [4.78, 5) is 14.2. The minimum absolute atomic E-state index is 0.00981. The number of hydrogen-bond donors (Lipinski definition) is 1. The van der Waals surface area contributed by atoms with Gasteiger partial charge in [0.05, 0.1) is 12.2 Å². The molecule has 2 bridgehead atoms. The number of halogens is 1. The fourth-order valence-electron chi connectivity index (χ4n) is 2.70. The molecule has 2 N–H and O–H groups in total. The van der Waals surface area contributed by atoms with Crippen molar-refractivity contribution in [1.29, 1.82) is 0 Å². The predicted octanol–water partition coefficient (Wildman–Crippen LogP) is 1.93. The van der Waals surface area contributed by atoms with Crippen LogP contribution in [0.25, 0.3) is 0 Å². The molecule has 5 heteroatoms. The summed E-state index contributed by atoms with van der Waals surface area (Å²) in [5.74, 6) is -0.00981. The molecule has 2 heterocycles. The molecule has 0 aromatic heterocycles. The summed E-state index contributed by atoms with van der Waals surface area (Å²) in [6, 6.07) is 4.98. The summed E-state index contributed by atoms with van der Waals surface area (Å²) in [5, 5.41) is 0.495. The van der Waals surface area contributed by atoms with E-state index in [1.807, 2.05) is 4.90 Å². The van der Waals surface area contributed by atoms with Crippen molar-refractivity contribution < 1.29 is 9.53 Å². The molecule has 2 aliphatic rings. The number of hydrogen-bond acceptors (Lipinski definition) is 3. The number of ether oxygens (including phenoxy) is 1. The standard InChI is InChI=1S/C13H15ClN2O2/c14-9-3-8(4-10(15)5-9)13(17)16-6-11-1-2-12(7-16)18-11/h3-5,11-12H,1-2,6-7,15H2. The number of nitrogens with zero attached hydrogens (tertiary/aromatic N) is 1. The van der Waals surface area contributed by atoms with E-state index in [-0.39, 0.29) is 18.1 Å². The van der Waals surface area contributed by atoms with Gasteiger partial charge in [0.2, 0.25) is 0 Å². The lowest BCUT2D eigenvalue weighted by molar-refractivity contribution is -0.0303. The normalized spacial score (nSPS) is 26.4. The summed E-state index contributed by atoms with van der Waals surface area (Å²) in [7, 11) is 0. The quantitative estimate of drug-likeness (QED) is 0.790. The zero-order chi connectivity index (χ0) is 12.7. The average molecular weight is 267 g/mol. The van der Waals surface area contributed by atoms with Crippen LogP contribution in [0.3, 0.4) is 0 Å². The first-order valence-electron chi connectivity index (χ1n) is 6.12. The Bertz CT molecular complexity index is 460. The number of carbonyl (C=O) groups excluding carboxylic acids is 1. The van der Waals surface area contributed by atoms with E-state index in [9.17, 15) is 4.79 Å². The van der Waals surface area contributed by atoms with Gasteiger partial charge in [-0.3, -0.25) is 4.79 Å². The summed E-state index contributed by atoms with van der Waals surface area (Å²) >= 11 is 5.93. The summed E-state index contributed by atoms with van der Waals surface area (Å²) in [5.41, 5.74) is 6.79. The van der Waals surface area contributed by atoms with Gasteiger partial charge < -0.3 is 15.4 Å². The number of anilines is 1. The first kappa shape index (κ1) is 11.8. The number of nitrogen functional groups attached to an aromatic ring is 1. The minimum atomic E-state index is -0.00981. The summed E-state index contributed by atoms with van der Waals surface area (Å²) in [6.45, 7) is 1.34. The molecule has 2 unspecified atom stereocenters. The highest BCUT2D eigenvalue weighted by atomic mass is 35.5. The molecule has 2 atom stereocenters. The molecule has 18 heavy (non-hydrogen) atoms. The molecule has 0 aliphatic carbocycles. The van der Waals surface area contributed by atoms with Crippen LogP contribution in [0.4, 0.5) is 5.69 Å². The van der Waals surface area contributed by atoms with E-state index < -0.39 is 0 Å². The Morgan fingerprint density at radius 1 is 1.28 bits per heavy atom. The van der Waals surface area contributed by atoms with Crippen LogP contribution in [0.1, 0.15) is 23.2 Å². The fraction of sp³-hybridized carbons (Fsp3) is 0.462. The summed E-state index contributed by atoms with van der Waals surface area (Å²) in [6.07, 6.45) is 2.49. The first-order chi connectivity index (χ1) is 8.61. The monoisotopic (exact) mass is 266 g/mol. The molecule has 1 aromatic rings. The van der Waals surface area contributed by atoms with E-state index in [1.54, 1.807) is 18.2 Å². The van der Waals surface area contributed by atoms with Crippen molar-refractivity contribution in [2.75, 3.05) is 18.8 Å². The van der Waals surface area contributed by atoms with E-state index in [4.69, 9.17) is 22.1 Å². The molecule has 2 aliphatic heterocycles. The second kappa shape index (κ2) is 4.44. The Hall–Kier alpha value is -1.26. The van der Waals surface area contributed by atoms with Crippen molar-refractivity contribution in [3.63, 3.8) is 0 Å². The third-order valence-electron chi connectivity index (χ3n) is 3.50. The van der Waals surface area contributed by atoms with Crippen LogP contribution in [0, 0.1) is 0 Å². The molecule has 1 aromatic carbocycles. The molecule has 3 rings (SSSR count). The Morgan fingerprint density at radius 3 is 2.56 bits per heavy atom. The lowest BCUT2D eigenvalue weighted by Gasteiger charge is -2.32. The topological polar surface area (TPSA) is 55.6 Å². The van der Waals surface area contributed by atoms with Crippen LogP contribution in [0.2, 0.25) is 5.02 Å². The van der Waals surface area contributed by atoms with Crippen molar-refractivity contribution in [1.82, 2.24) is 4.90 Å². The van der Waals surface area contributed by atoms with Gasteiger partial charge in [-0.2, -0.15) is 0 Å². The highest BCUT2D eigenvalue weighted by molar-refractivity contribution is 6.31. The maximum atomic E-state index is 12.4. The van der Waals surface area contributed by atoms with Gasteiger partial charge in [0.25, 0.3) is 5.91 Å². The SMILES string of the molecule is Nc1cc(Cl)cc(C(=O)N2CC3CCC(C2)O3)c1. The van der Waals surface area contributed by atoms with Crippen molar-refractivity contribution in [3.8, 4) is 0 Å². The van der Waals surface area contributed by atoms with Crippen LogP contribution in [0.15, 0.2) is 18.2 Å². The Kier molecular flexibility index (Phi) is 2.92. The van der Waals surface area contributed by atoms with Crippen molar-refractivity contribution in [3.05, 3.63) is 28.8 Å². The Balaban J connectivity index is 1.81. The third-order valence-corrected chi connectivity index (χ3v) is 3.72. The molecule has 2 fully saturated rings. The van der Waals surface area contributed by atoms with Gasteiger partial charge >= 0.3 is 0 Å². The fourth-order valence-corrected chi connectivity index (χ4v) is 2.94. The number of nitrogens with two attached hydrogens (primary N) is 1. The molecule has 2 saturated heterocycles. The number of benzene rings is 1. The smallest absolute Gasteiger partial charge is 0.254 e. The average Bonchev–Trinajstić information content (AvgIpc) is 2.66. The molecule has 96 valence electrons. The lowest BCUT2D eigenvalue weighted by Crippen LogP contribution is -2.45. The zero-order valence-electron chi connectivity index (χ0n) is 9.93. The molecule has 0 saturated carbocycles. The second-order valence-electron chi connectivity index (χ2n) is 4.94. The number of carbonyl (C=O) groups is 1. The third kappa shape index (κ3) is 2.18. The predicted molar refractivity (Wildman–Crippen MR) is 69.7 cm³/mol. The van der Waals surface area contributed by atoms with E-state index in [1.165, 1.54) is 0 Å². The molecular formula is C13H15ClN2O2. The lowest BCUT2D eigenvalue weighted by atomic mass is 10.1. The van der Waals surface area contributed by atoms with Crippen molar-refractivity contribution >= 4 is 23.2 Å². The number of likely N-dealkylation sites (tertiary alicyclic amines) is 1. The van der Waals surface area contributed by atoms with Gasteiger partial charge in [-0.25, -0.2) is 0 Å². The Labute approximate surface area is 111 Å². The minimum Gasteiger partial charge on any atom is -0.399 e. The number of morpholine rings is 1. The van der Waals surface area contributed by atoms with Gasteiger partial charge in [-0.15, -0.1) is 0 Å². The maximum absolute atomic E-state index is 12.4. The van der Waals surface area contributed by atoms with Crippen molar-refractivity contribution in [2.45, 2.75) is 25.0 Å². The van der Waals surface area contributed by atoms with Gasteiger partial charge in [0.15, 0.2) is 0 Å². The number of rotatable bonds is 1. The van der Waals surface area contributed by atoms with E-state index in [2.05, 4.69) is 0 Å². The van der Waals surface area contributed by atoms with Gasteiger partial charge in [-0.05, 0) is 31.0 Å². The largest absolute Gasteiger partial charge is 0.399 e. The van der Waals surface area contributed by atoms with Gasteiger partial charge in [-0.1, -0.05) is 11.6 Å². The number of amides is 1. The molecule has 1 amide bonds. The van der Waals surface area contributed by atoms with Crippen LogP contribution < -0.4 is 5.73 Å². The maximum Gasteiger partial charge on any atom is 0.254 e. The molecular weight excluding hydrogens is 252 g/mol. The van der Waals surface area contributed by atoms with Gasteiger partial charge in [0.1, 0.15) is 0 Å². The van der Waals surface area contributed by atoms with Crippen LogP contribution in [0.5, 0.6) is 0 Å².